The van der Waals surface area contributed by atoms with E-state index in [4.69, 9.17) is 6.42 Å². The predicted molar refractivity (Wildman–Crippen MR) is 62.3 cm³/mol. The summed E-state index contributed by atoms with van der Waals surface area (Å²) in [6, 6.07) is 8.43. The first-order valence-corrected chi connectivity index (χ1v) is 4.90. The molecule has 78 valence electrons. The van der Waals surface area contributed by atoms with E-state index in [1.54, 1.807) is 30.5 Å². The fourth-order valence-corrected chi connectivity index (χ4v) is 1.47. The molecule has 0 saturated carbocycles. The maximum Gasteiger partial charge on any atom is 0.132 e. The van der Waals surface area contributed by atoms with Gasteiger partial charge in [-0.25, -0.2) is 4.39 Å². The summed E-state index contributed by atoms with van der Waals surface area (Å²) in [6.07, 6.45) is 6.80. The predicted octanol–water partition coefficient (Wildman–Crippen LogP) is 3.18. The van der Waals surface area contributed by atoms with E-state index in [2.05, 4.69) is 10.9 Å². The second-order valence-corrected chi connectivity index (χ2v) is 3.56. The fraction of sp³-hybridized carbons (Fsp3) is 0.0714. The maximum absolute atomic E-state index is 13.6. The van der Waals surface area contributed by atoms with Gasteiger partial charge in [0.15, 0.2) is 0 Å². The summed E-state index contributed by atoms with van der Waals surface area (Å²) < 4.78 is 13.6. The largest absolute Gasteiger partial charge is 0.255 e. The van der Waals surface area contributed by atoms with Gasteiger partial charge in [0.1, 0.15) is 5.82 Å². The van der Waals surface area contributed by atoms with Gasteiger partial charge in [-0.15, -0.1) is 6.42 Å². The van der Waals surface area contributed by atoms with Crippen molar-refractivity contribution in [2.45, 2.75) is 6.92 Å². The van der Waals surface area contributed by atoms with Crippen molar-refractivity contribution in [3.8, 4) is 23.6 Å². The molecule has 0 radical (unpaired) electrons. The van der Waals surface area contributed by atoms with Gasteiger partial charge in [-0.2, -0.15) is 0 Å². The van der Waals surface area contributed by atoms with E-state index in [0.717, 1.165) is 5.56 Å². The third-order valence-corrected chi connectivity index (χ3v) is 2.33. The van der Waals surface area contributed by atoms with Crippen LogP contribution >= 0.6 is 0 Å². The van der Waals surface area contributed by atoms with Gasteiger partial charge in [0.25, 0.3) is 0 Å². The summed E-state index contributed by atoms with van der Waals surface area (Å²) in [5, 5.41) is 0. The van der Waals surface area contributed by atoms with Gasteiger partial charge in [-0.05, 0) is 31.2 Å². The minimum atomic E-state index is -0.272. The van der Waals surface area contributed by atoms with Crippen LogP contribution in [0.3, 0.4) is 0 Å². The molecule has 0 aliphatic rings. The Morgan fingerprint density at radius 2 is 2.06 bits per heavy atom. The molecule has 0 saturated heterocycles. The van der Waals surface area contributed by atoms with Crippen LogP contribution in [0.4, 0.5) is 4.39 Å². The number of rotatable bonds is 1. The molecule has 0 atom stereocenters. The fourth-order valence-electron chi connectivity index (χ4n) is 1.47. The number of nitrogens with zero attached hydrogens (tertiary/aromatic N) is 1. The molecule has 1 aromatic heterocycles. The molecular weight excluding hydrogens is 201 g/mol. The van der Waals surface area contributed by atoms with Gasteiger partial charge in [-0.1, -0.05) is 17.6 Å². The molecular formula is C14H10FN. The van der Waals surface area contributed by atoms with Crippen LogP contribution < -0.4 is 0 Å². The number of aromatic nitrogens is 1. The molecule has 2 heteroatoms. The molecule has 0 fully saturated rings. The van der Waals surface area contributed by atoms with Gasteiger partial charge in [0, 0.05) is 17.3 Å². The molecule has 1 heterocycles. The normalized spacial score (nSPS) is 9.81. The van der Waals surface area contributed by atoms with Crippen molar-refractivity contribution in [2.24, 2.45) is 0 Å². The van der Waals surface area contributed by atoms with Crippen LogP contribution in [0.1, 0.15) is 11.1 Å². The van der Waals surface area contributed by atoms with Crippen LogP contribution in [0.5, 0.6) is 0 Å². The smallest absolute Gasteiger partial charge is 0.132 e. The monoisotopic (exact) mass is 211 g/mol. The molecule has 2 rings (SSSR count). The highest BCUT2D eigenvalue weighted by Gasteiger charge is 2.05. The standard InChI is InChI=1S/C14H10FN/c1-3-11-5-7-14(16-9-11)12-8-10(2)4-6-13(12)15/h1,4-9H,2H3. The van der Waals surface area contributed by atoms with Gasteiger partial charge >= 0.3 is 0 Å². The number of hydrogen-bond acceptors (Lipinski definition) is 1. The molecule has 0 unspecified atom stereocenters. The molecule has 0 amide bonds. The van der Waals surface area contributed by atoms with Gasteiger partial charge in [0.05, 0.1) is 5.69 Å². The first-order chi connectivity index (χ1) is 7.70. The van der Waals surface area contributed by atoms with E-state index >= 15 is 0 Å². The lowest BCUT2D eigenvalue weighted by Crippen LogP contribution is -1.89. The third-order valence-electron chi connectivity index (χ3n) is 2.33. The van der Waals surface area contributed by atoms with Crippen molar-refractivity contribution >= 4 is 0 Å². The Labute approximate surface area is 94.0 Å². The van der Waals surface area contributed by atoms with E-state index in [1.165, 1.54) is 6.07 Å². The zero-order valence-electron chi connectivity index (χ0n) is 8.87. The van der Waals surface area contributed by atoms with Gasteiger partial charge in [0.2, 0.25) is 0 Å². The third kappa shape index (κ3) is 1.94. The summed E-state index contributed by atoms with van der Waals surface area (Å²) >= 11 is 0. The van der Waals surface area contributed by atoms with Crippen LogP contribution in [-0.4, -0.2) is 4.98 Å². The Kier molecular flexibility index (Phi) is 2.70. The topological polar surface area (TPSA) is 12.9 Å². The average molecular weight is 211 g/mol. The molecule has 0 aliphatic carbocycles. The molecule has 1 aromatic carbocycles. The maximum atomic E-state index is 13.6. The quantitative estimate of drug-likeness (QED) is 0.660. The number of benzene rings is 1. The highest BCUT2D eigenvalue weighted by atomic mass is 19.1. The Balaban J connectivity index is 2.50. The summed E-state index contributed by atoms with van der Waals surface area (Å²) in [5.41, 5.74) is 2.79. The van der Waals surface area contributed by atoms with E-state index < -0.39 is 0 Å². The van der Waals surface area contributed by atoms with Crippen LogP contribution in [0.25, 0.3) is 11.3 Å². The second kappa shape index (κ2) is 4.16. The van der Waals surface area contributed by atoms with Crippen LogP contribution in [0, 0.1) is 25.1 Å². The zero-order valence-corrected chi connectivity index (χ0v) is 8.87. The van der Waals surface area contributed by atoms with Gasteiger partial charge in [-0.3, -0.25) is 4.98 Å². The molecule has 0 N–H and O–H groups in total. The number of hydrogen-bond donors (Lipinski definition) is 0. The Morgan fingerprint density at radius 1 is 1.25 bits per heavy atom. The minimum Gasteiger partial charge on any atom is -0.255 e. The second-order valence-electron chi connectivity index (χ2n) is 3.56. The van der Waals surface area contributed by atoms with Crippen LogP contribution in [-0.2, 0) is 0 Å². The lowest BCUT2D eigenvalue weighted by molar-refractivity contribution is 0.630. The molecule has 16 heavy (non-hydrogen) atoms. The Bertz CT molecular complexity index is 550. The number of halogens is 1. The molecule has 1 nitrogen and oxygen atoms in total. The molecule has 0 aliphatic heterocycles. The van der Waals surface area contributed by atoms with Crippen molar-refractivity contribution in [2.75, 3.05) is 0 Å². The number of aryl methyl sites for hydroxylation is 1. The zero-order chi connectivity index (χ0) is 11.5. The Morgan fingerprint density at radius 3 is 2.69 bits per heavy atom. The SMILES string of the molecule is C#Cc1ccc(-c2cc(C)ccc2F)nc1. The van der Waals surface area contributed by atoms with E-state index in [1.807, 2.05) is 6.92 Å². The molecule has 2 aromatic rings. The van der Waals surface area contributed by atoms with Crippen LogP contribution in [0.2, 0.25) is 0 Å². The summed E-state index contributed by atoms with van der Waals surface area (Å²) in [6.45, 7) is 1.92. The van der Waals surface area contributed by atoms with Crippen LogP contribution in [0.15, 0.2) is 36.5 Å². The van der Waals surface area contributed by atoms with Crippen molar-refractivity contribution in [3.05, 3.63) is 53.5 Å². The van der Waals surface area contributed by atoms with Gasteiger partial charge < -0.3 is 0 Å². The molecule has 0 bridgehead atoms. The summed E-state index contributed by atoms with van der Waals surface area (Å²) in [5.74, 6) is 2.20. The lowest BCUT2D eigenvalue weighted by atomic mass is 10.1. The molecule has 0 spiro atoms. The highest BCUT2D eigenvalue weighted by molar-refractivity contribution is 5.61. The van der Waals surface area contributed by atoms with E-state index in [9.17, 15) is 4.39 Å². The summed E-state index contributed by atoms with van der Waals surface area (Å²) in [7, 11) is 0. The lowest BCUT2D eigenvalue weighted by Gasteiger charge is -2.03. The summed E-state index contributed by atoms with van der Waals surface area (Å²) in [4.78, 5) is 4.14. The minimum absolute atomic E-state index is 0.272. The van der Waals surface area contributed by atoms with Crippen molar-refractivity contribution in [1.82, 2.24) is 4.98 Å². The van der Waals surface area contributed by atoms with Crippen molar-refractivity contribution in [3.63, 3.8) is 0 Å². The number of pyridine rings is 1. The number of terminal acetylenes is 1. The Hall–Kier alpha value is -2.14. The van der Waals surface area contributed by atoms with Crippen molar-refractivity contribution < 1.29 is 4.39 Å². The van der Waals surface area contributed by atoms with E-state index in [0.29, 0.717) is 16.8 Å². The first-order valence-electron chi connectivity index (χ1n) is 4.90. The first kappa shape index (κ1) is 10.4. The van der Waals surface area contributed by atoms with E-state index in [-0.39, 0.29) is 5.82 Å². The average Bonchev–Trinajstić information content (AvgIpc) is 2.32. The highest BCUT2D eigenvalue weighted by Crippen LogP contribution is 2.21. The van der Waals surface area contributed by atoms with Crippen molar-refractivity contribution in [1.29, 1.82) is 0 Å².